The van der Waals surface area contributed by atoms with E-state index in [0.717, 1.165) is 0 Å². The molecule has 2 saturated heterocycles. The van der Waals surface area contributed by atoms with Gasteiger partial charge in [0.05, 0.1) is 25.4 Å². The molecule has 0 radical (unpaired) electrons. The zero-order valence-corrected chi connectivity index (χ0v) is 17.1. The fourth-order valence-corrected chi connectivity index (χ4v) is 4.31. The van der Waals surface area contributed by atoms with E-state index in [2.05, 4.69) is 0 Å². The minimum absolute atomic E-state index is 0.310. The highest BCUT2D eigenvalue weighted by atomic mass is 16.7. The van der Waals surface area contributed by atoms with Crippen LogP contribution in [0.15, 0.2) is 0 Å². The van der Waals surface area contributed by atoms with Crippen LogP contribution in [0.5, 0.6) is 0 Å². The van der Waals surface area contributed by atoms with E-state index in [4.69, 9.17) is 30.4 Å². The normalized spacial score (nSPS) is 53.6. The second kappa shape index (κ2) is 10.2. The Balaban J connectivity index is 1.78. The Morgan fingerprint density at radius 1 is 0.742 bits per heavy atom. The molecule has 0 aromatic carbocycles. The Kier molecular flexibility index (Phi) is 8.24. The van der Waals surface area contributed by atoms with Crippen LogP contribution in [0.1, 0.15) is 13.3 Å². The summed E-state index contributed by atoms with van der Waals surface area (Å²) in [5.41, 5.74) is 12.2. The predicted molar refractivity (Wildman–Crippen MR) is 101 cm³/mol. The zero-order valence-electron chi connectivity index (χ0n) is 17.1. The van der Waals surface area contributed by atoms with Gasteiger partial charge in [-0.3, -0.25) is 0 Å². The van der Waals surface area contributed by atoms with E-state index in [1.54, 1.807) is 6.92 Å². The van der Waals surface area contributed by atoms with Gasteiger partial charge in [-0.1, -0.05) is 6.92 Å². The van der Waals surface area contributed by atoms with Crippen molar-refractivity contribution in [2.45, 2.75) is 92.9 Å². The molecule has 0 spiro atoms. The average Bonchev–Trinajstić information content (AvgIpc) is 3.02. The van der Waals surface area contributed by atoms with Crippen LogP contribution in [0.2, 0.25) is 0 Å². The summed E-state index contributed by atoms with van der Waals surface area (Å²) in [5.74, 6) is -0.310. The van der Waals surface area contributed by atoms with Crippen LogP contribution in [0.25, 0.3) is 0 Å². The van der Waals surface area contributed by atoms with Crippen molar-refractivity contribution < 1.29 is 54.7 Å². The molecule has 0 bridgehead atoms. The van der Waals surface area contributed by atoms with E-state index < -0.39 is 92.8 Å². The summed E-state index contributed by atoms with van der Waals surface area (Å²) in [7, 11) is 0. The third kappa shape index (κ3) is 4.89. The molecule has 1 aliphatic carbocycles. The van der Waals surface area contributed by atoms with Crippen LogP contribution in [-0.2, 0) is 18.9 Å². The monoisotopic (exact) mass is 454 g/mol. The molecule has 5 unspecified atom stereocenters. The molecule has 13 heteroatoms. The summed E-state index contributed by atoms with van der Waals surface area (Å²) in [6.45, 7) is 0.609. The van der Waals surface area contributed by atoms with Crippen LogP contribution < -0.4 is 11.5 Å². The number of hydrogen-bond donors (Lipinski definition) is 9. The fourth-order valence-electron chi connectivity index (χ4n) is 4.31. The van der Waals surface area contributed by atoms with Crippen LogP contribution >= 0.6 is 0 Å². The lowest BCUT2D eigenvalue weighted by molar-refractivity contribution is -0.312. The number of aliphatic hydroxyl groups is 7. The van der Waals surface area contributed by atoms with Crippen molar-refractivity contribution in [1.29, 1.82) is 0 Å². The van der Waals surface area contributed by atoms with Crippen molar-refractivity contribution in [2.24, 2.45) is 17.4 Å². The molecular weight excluding hydrogens is 420 g/mol. The lowest BCUT2D eigenvalue weighted by atomic mass is 9.80. The molecule has 2 aliphatic heterocycles. The topological polar surface area (TPSA) is 231 Å². The van der Waals surface area contributed by atoms with Crippen molar-refractivity contribution in [3.63, 3.8) is 0 Å². The molecule has 3 aliphatic rings. The van der Waals surface area contributed by atoms with Crippen LogP contribution in [-0.4, -0.2) is 129 Å². The van der Waals surface area contributed by atoms with Gasteiger partial charge < -0.3 is 66.2 Å². The largest absolute Gasteiger partial charge is 0.394 e. The summed E-state index contributed by atoms with van der Waals surface area (Å²) >= 11 is 0. The van der Waals surface area contributed by atoms with E-state index in [9.17, 15) is 35.7 Å². The van der Waals surface area contributed by atoms with Crippen molar-refractivity contribution in [3.05, 3.63) is 0 Å². The second-order valence-electron chi connectivity index (χ2n) is 8.56. The molecular formula is C18H34N2O11. The maximum absolute atomic E-state index is 10.7. The lowest BCUT2D eigenvalue weighted by Gasteiger charge is -2.47. The van der Waals surface area contributed by atoms with Gasteiger partial charge >= 0.3 is 0 Å². The number of rotatable bonds is 6. The van der Waals surface area contributed by atoms with Gasteiger partial charge in [0.1, 0.15) is 48.8 Å². The standard InChI is InChI=1S/C18H34N2O11/c1-5-2-6(19)15(30-17-9(20)13(26)11(24)7(3-21)28-17)16(10(5)23)31-18-14(27)12(25)8(4-22)29-18/h5-18,21-27H,2-4,19-20H2,1H3/t5-,6?,7?,8-,9?,10?,11-,12+,13-,14?,15-,16-,17-,18+/m1/s1. The molecule has 3 fully saturated rings. The van der Waals surface area contributed by atoms with Gasteiger partial charge in [0.2, 0.25) is 0 Å². The first-order chi connectivity index (χ1) is 14.6. The Morgan fingerprint density at radius 3 is 1.84 bits per heavy atom. The molecule has 14 atom stereocenters. The van der Waals surface area contributed by atoms with E-state index in [1.807, 2.05) is 0 Å². The third-order valence-corrected chi connectivity index (χ3v) is 6.32. The van der Waals surface area contributed by atoms with E-state index >= 15 is 0 Å². The first-order valence-corrected chi connectivity index (χ1v) is 10.4. The van der Waals surface area contributed by atoms with Crippen molar-refractivity contribution in [2.75, 3.05) is 13.2 Å². The highest BCUT2D eigenvalue weighted by Gasteiger charge is 2.51. The molecule has 3 rings (SSSR count). The van der Waals surface area contributed by atoms with Gasteiger partial charge in [-0.05, 0) is 12.3 Å². The Labute approximate surface area is 179 Å². The number of nitrogens with two attached hydrogens (primary N) is 2. The van der Waals surface area contributed by atoms with E-state index in [-0.39, 0.29) is 5.92 Å². The Morgan fingerprint density at radius 2 is 1.26 bits per heavy atom. The minimum Gasteiger partial charge on any atom is -0.394 e. The van der Waals surface area contributed by atoms with Crippen LogP contribution in [0.4, 0.5) is 0 Å². The fraction of sp³-hybridized carbons (Fsp3) is 1.00. The molecule has 11 N–H and O–H groups in total. The second-order valence-corrected chi connectivity index (χ2v) is 8.56. The predicted octanol–water partition coefficient (Wildman–Crippen LogP) is -5.31. The van der Waals surface area contributed by atoms with Gasteiger partial charge in [0.25, 0.3) is 0 Å². The van der Waals surface area contributed by atoms with Crippen molar-refractivity contribution in [1.82, 2.24) is 0 Å². The zero-order chi connectivity index (χ0) is 23.0. The van der Waals surface area contributed by atoms with Crippen LogP contribution in [0, 0.1) is 5.92 Å². The average molecular weight is 454 g/mol. The first-order valence-electron chi connectivity index (χ1n) is 10.4. The Bertz CT molecular complexity index is 587. The molecule has 182 valence electrons. The lowest BCUT2D eigenvalue weighted by Crippen LogP contribution is -2.66. The van der Waals surface area contributed by atoms with Gasteiger partial charge in [0, 0.05) is 6.04 Å². The SMILES string of the molecule is C[C@@H]1CC(N)[C@@H](O[C@H]2OC(CO)[C@@H](O)[C@H](O)C2N)[C@H](O[C@@H]2O[C@H](CO)[C@H](O)C2O)C1O. The maximum Gasteiger partial charge on any atom is 0.187 e. The summed E-state index contributed by atoms with van der Waals surface area (Å²) in [6.07, 6.45) is -13.5. The minimum atomic E-state index is -1.48. The van der Waals surface area contributed by atoms with E-state index in [0.29, 0.717) is 6.42 Å². The highest BCUT2D eigenvalue weighted by Crippen LogP contribution is 2.34. The summed E-state index contributed by atoms with van der Waals surface area (Å²) in [6, 6.07) is -1.86. The van der Waals surface area contributed by atoms with Gasteiger partial charge in [-0.2, -0.15) is 0 Å². The smallest absolute Gasteiger partial charge is 0.187 e. The number of hydrogen-bond acceptors (Lipinski definition) is 13. The van der Waals surface area contributed by atoms with E-state index in [1.165, 1.54) is 0 Å². The molecule has 13 nitrogen and oxygen atoms in total. The highest BCUT2D eigenvalue weighted by molar-refractivity contribution is 4.99. The van der Waals surface area contributed by atoms with Crippen LogP contribution in [0.3, 0.4) is 0 Å². The first kappa shape index (κ1) is 25.1. The molecule has 0 aromatic heterocycles. The number of aliphatic hydroxyl groups excluding tert-OH is 7. The Hall–Kier alpha value is -0.520. The van der Waals surface area contributed by atoms with Crippen molar-refractivity contribution in [3.8, 4) is 0 Å². The number of ether oxygens (including phenoxy) is 4. The van der Waals surface area contributed by atoms with Crippen molar-refractivity contribution >= 4 is 0 Å². The molecule has 0 amide bonds. The summed E-state index contributed by atoms with van der Waals surface area (Å²) in [4.78, 5) is 0. The van der Waals surface area contributed by atoms with Gasteiger partial charge in [-0.15, -0.1) is 0 Å². The van der Waals surface area contributed by atoms with Gasteiger partial charge in [-0.25, -0.2) is 0 Å². The maximum atomic E-state index is 10.7. The third-order valence-electron chi connectivity index (χ3n) is 6.32. The molecule has 2 heterocycles. The quantitative estimate of drug-likeness (QED) is 0.183. The van der Waals surface area contributed by atoms with Gasteiger partial charge in [0.15, 0.2) is 12.6 Å². The molecule has 1 saturated carbocycles. The molecule has 31 heavy (non-hydrogen) atoms. The summed E-state index contributed by atoms with van der Waals surface area (Å²) in [5, 5.41) is 69.7. The molecule has 0 aromatic rings. The summed E-state index contributed by atoms with van der Waals surface area (Å²) < 4.78 is 22.5.